The topological polar surface area (TPSA) is 79.0 Å². The van der Waals surface area contributed by atoms with Gasteiger partial charge in [0.25, 0.3) is 5.91 Å². The number of anilines is 2. The average molecular weight is 393 g/mol. The molecule has 4 rings (SSSR count). The van der Waals surface area contributed by atoms with E-state index in [1.165, 1.54) is 0 Å². The van der Waals surface area contributed by atoms with Gasteiger partial charge in [0.2, 0.25) is 5.91 Å². The van der Waals surface area contributed by atoms with Gasteiger partial charge in [0.1, 0.15) is 5.75 Å². The molecule has 2 aliphatic rings. The molecule has 0 spiro atoms. The van der Waals surface area contributed by atoms with Crippen molar-refractivity contribution in [2.24, 2.45) is 0 Å². The van der Waals surface area contributed by atoms with Crippen LogP contribution in [0.15, 0.2) is 48.5 Å². The molecule has 1 saturated heterocycles. The minimum atomic E-state index is -0.811. The van der Waals surface area contributed by atoms with Gasteiger partial charge in [-0.1, -0.05) is 12.1 Å². The first-order valence-corrected chi connectivity index (χ1v) is 9.71. The zero-order chi connectivity index (χ0) is 20.4. The minimum Gasteiger partial charge on any atom is -0.478 e. The lowest BCUT2D eigenvalue weighted by Gasteiger charge is -2.37. The van der Waals surface area contributed by atoms with Crippen LogP contribution < -0.4 is 15.0 Å². The summed E-state index contributed by atoms with van der Waals surface area (Å²) in [6.45, 7) is 4.11. The standard InChI is InChI=1S/C22H23N3O4/c1-15(26)16-6-8-17(9-7-16)24-10-12-25(13-11-24)21(27)14-20-22(28)23-18-4-2-3-5-19(18)29-20/h2-9,20H,10-14H2,1H3,(H,23,28)/t20-/m1/s1. The van der Waals surface area contributed by atoms with Crippen molar-refractivity contribution in [2.75, 3.05) is 36.4 Å². The largest absolute Gasteiger partial charge is 0.478 e. The number of carbonyl (C=O) groups excluding carboxylic acids is 3. The van der Waals surface area contributed by atoms with Crippen molar-refractivity contribution in [3.05, 3.63) is 54.1 Å². The molecule has 0 unspecified atom stereocenters. The number of ketones is 1. The SMILES string of the molecule is CC(=O)c1ccc(N2CCN(C(=O)C[C@H]3Oc4ccccc4NC3=O)CC2)cc1. The molecular weight excluding hydrogens is 370 g/mol. The van der Waals surface area contributed by atoms with Crippen molar-refractivity contribution in [1.29, 1.82) is 0 Å². The summed E-state index contributed by atoms with van der Waals surface area (Å²) in [4.78, 5) is 40.3. The summed E-state index contributed by atoms with van der Waals surface area (Å²) in [7, 11) is 0. The molecule has 2 aromatic carbocycles. The Morgan fingerprint density at radius 2 is 1.72 bits per heavy atom. The Balaban J connectivity index is 1.32. The van der Waals surface area contributed by atoms with Gasteiger partial charge in [0.15, 0.2) is 11.9 Å². The molecule has 7 nitrogen and oxygen atoms in total. The Bertz CT molecular complexity index is 933. The van der Waals surface area contributed by atoms with Gasteiger partial charge in [-0.15, -0.1) is 0 Å². The van der Waals surface area contributed by atoms with E-state index in [1.54, 1.807) is 24.0 Å². The molecule has 2 heterocycles. The quantitative estimate of drug-likeness (QED) is 0.807. The number of amides is 2. The second kappa shape index (κ2) is 7.95. The summed E-state index contributed by atoms with van der Waals surface area (Å²) in [5.74, 6) is 0.254. The van der Waals surface area contributed by atoms with E-state index in [9.17, 15) is 14.4 Å². The first-order valence-electron chi connectivity index (χ1n) is 9.71. The number of nitrogens with one attached hydrogen (secondary N) is 1. The fourth-order valence-corrected chi connectivity index (χ4v) is 3.64. The molecular formula is C22H23N3O4. The maximum absolute atomic E-state index is 12.7. The molecule has 0 aliphatic carbocycles. The van der Waals surface area contributed by atoms with E-state index in [-0.39, 0.29) is 24.0 Å². The van der Waals surface area contributed by atoms with E-state index in [4.69, 9.17) is 4.74 Å². The highest BCUT2D eigenvalue weighted by molar-refractivity contribution is 6.00. The monoisotopic (exact) mass is 393 g/mol. The molecule has 7 heteroatoms. The molecule has 1 atom stereocenters. The zero-order valence-electron chi connectivity index (χ0n) is 16.3. The second-order valence-electron chi connectivity index (χ2n) is 7.27. The molecule has 2 aliphatic heterocycles. The molecule has 2 aromatic rings. The predicted octanol–water partition coefficient (Wildman–Crippen LogP) is 2.33. The summed E-state index contributed by atoms with van der Waals surface area (Å²) >= 11 is 0. The number of rotatable bonds is 4. The molecule has 1 N–H and O–H groups in total. The highest BCUT2D eigenvalue weighted by Gasteiger charge is 2.32. The third-order valence-corrected chi connectivity index (χ3v) is 5.34. The van der Waals surface area contributed by atoms with Gasteiger partial charge in [-0.25, -0.2) is 0 Å². The van der Waals surface area contributed by atoms with Crippen LogP contribution in [0.3, 0.4) is 0 Å². The zero-order valence-corrected chi connectivity index (χ0v) is 16.3. The molecule has 0 bridgehead atoms. The number of Topliss-reactive ketones (excluding diaryl/α,β-unsaturated/α-hetero) is 1. The van der Waals surface area contributed by atoms with Crippen molar-refractivity contribution >= 4 is 29.0 Å². The van der Waals surface area contributed by atoms with Crippen LogP contribution >= 0.6 is 0 Å². The number of piperazine rings is 1. The van der Waals surface area contributed by atoms with Crippen LogP contribution in [0, 0.1) is 0 Å². The summed E-state index contributed by atoms with van der Waals surface area (Å²) in [5, 5.41) is 2.79. The van der Waals surface area contributed by atoms with E-state index in [1.807, 2.05) is 36.4 Å². The van der Waals surface area contributed by atoms with E-state index in [2.05, 4.69) is 10.2 Å². The molecule has 29 heavy (non-hydrogen) atoms. The van der Waals surface area contributed by atoms with Crippen LogP contribution in [0.2, 0.25) is 0 Å². The van der Waals surface area contributed by atoms with Crippen molar-refractivity contribution in [3.8, 4) is 5.75 Å². The highest BCUT2D eigenvalue weighted by Crippen LogP contribution is 2.30. The van der Waals surface area contributed by atoms with Gasteiger partial charge in [0.05, 0.1) is 12.1 Å². The van der Waals surface area contributed by atoms with Gasteiger partial charge in [-0.05, 0) is 43.3 Å². The van der Waals surface area contributed by atoms with Crippen LogP contribution in [-0.4, -0.2) is 54.8 Å². The lowest BCUT2D eigenvalue weighted by molar-refractivity contribution is -0.137. The normalized spacial score (nSPS) is 18.5. The number of hydrogen-bond donors (Lipinski definition) is 1. The molecule has 0 aromatic heterocycles. The first kappa shape index (κ1) is 19.0. The van der Waals surface area contributed by atoms with Crippen molar-refractivity contribution < 1.29 is 19.1 Å². The Kier molecular flexibility index (Phi) is 5.20. The van der Waals surface area contributed by atoms with Crippen LogP contribution in [-0.2, 0) is 9.59 Å². The van der Waals surface area contributed by atoms with Crippen LogP contribution in [0.25, 0.3) is 0 Å². The van der Waals surface area contributed by atoms with Crippen LogP contribution in [0.5, 0.6) is 5.75 Å². The van der Waals surface area contributed by atoms with E-state index >= 15 is 0 Å². The van der Waals surface area contributed by atoms with Gasteiger partial charge in [0, 0.05) is 37.4 Å². The molecule has 2 amide bonds. The van der Waals surface area contributed by atoms with Gasteiger partial charge in [-0.3, -0.25) is 14.4 Å². The first-order chi connectivity index (χ1) is 14.0. The Labute approximate surface area is 169 Å². The number of ether oxygens (including phenoxy) is 1. The molecule has 150 valence electrons. The number of carbonyl (C=O) groups is 3. The summed E-state index contributed by atoms with van der Waals surface area (Å²) in [6.07, 6.45) is -0.789. The van der Waals surface area contributed by atoms with Gasteiger partial charge >= 0.3 is 0 Å². The number of para-hydroxylation sites is 2. The Morgan fingerprint density at radius 1 is 1.03 bits per heavy atom. The maximum Gasteiger partial charge on any atom is 0.266 e. The smallest absolute Gasteiger partial charge is 0.266 e. The van der Waals surface area contributed by atoms with E-state index in [0.717, 1.165) is 5.69 Å². The Morgan fingerprint density at radius 3 is 2.41 bits per heavy atom. The lowest BCUT2D eigenvalue weighted by Crippen LogP contribution is -2.50. The lowest BCUT2D eigenvalue weighted by atomic mass is 10.1. The maximum atomic E-state index is 12.7. The third-order valence-electron chi connectivity index (χ3n) is 5.34. The summed E-state index contributed by atoms with van der Waals surface area (Å²) in [5.41, 5.74) is 2.36. The number of benzene rings is 2. The van der Waals surface area contributed by atoms with E-state index < -0.39 is 6.10 Å². The third kappa shape index (κ3) is 4.08. The highest BCUT2D eigenvalue weighted by atomic mass is 16.5. The Hall–Kier alpha value is -3.35. The van der Waals surface area contributed by atoms with Gasteiger partial charge in [-0.2, -0.15) is 0 Å². The summed E-state index contributed by atoms with van der Waals surface area (Å²) in [6, 6.07) is 14.7. The number of nitrogens with zero attached hydrogens (tertiary/aromatic N) is 2. The predicted molar refractivity (Wildman–Crippen MR) is 109 cm³/mol. The van der Waals surface area contributed by atoms with Gasteiger partial charge < -0.3 is 19.9 Å². The summed E-state index contributed by atoms with van der Waals surface area (Å²) < 4.78 is 5.73. The van der Waals surface area contributed by atoms with Crippen molar-refractivity contribution in [2.45, 2.75) is 19.4 Å². The van der Waals surface area contributed by atoms with Crippen LogP contribution in [0.4, 0.5) is 11.4 Å². The van der Waals surface area contributed by atoms with Crippen molar-refractivity contribution in [1.82, 2.24) is 4.90 Å². The second-order valence-corrected chi connectivity index (χ2v) is 7.27. The number of fused-ring (bicyclic) bond motifs is 1. The molecule has 1 fully saturated rings. The fraction of sp³-hybridized carbons (Fsp3) is 0.318. The van der Waals surface area contributed by atoms with Crippen LogP contribution in [0.1, 0.15) is 23.7 Å². The molecule has 0 saturated carbocycles. The minimum absolute atomic E-state index is 0.0213. The number of hydrogen-bond acceptors (Lipinski definition) is 5. The van der Waals surface area contributed by atoms with E-state index in [0.29, 0.717) is 43.2 Å². The fourth-order valence-electron chi connectivity index (χ4n) is 3.64. The average Bonchev–Trinajstić information content (AvgIpc) is 2.74. The van der Waals surface area contributed by atoms with Crippen molar-refractivity contribution in [3.63, 3.8) is 0 Å². The molecule has 0 radical (unpaired) electrons.